The summed E-state index contributed by atoms with van der Waals surface area (Å²) in [6.45, 7) is 13.2. The average Bonchev–Trinajstić information content (AvgIpc) is 3.89. The molecule has 5 aliphatic heterocycles. The van der Waals surface area contributed by atoms with E-state index in [0.29, 0.717) is 40.3 Å². The van der Waals surface area contributed by atoms with Crippen LogP contribution in [0.4, 0.5) is 11.6 Å². The smallest absolute Gasteiger partial charge is 0.262 e. The number of benzene rings is 3. The third kappa shape index (κ3) is 8.87. The zero-order valence-electron chi connectivity index (χ0n) is 35.8. The van der Waals surface area contributed by atoms with E-state index in [4.69, 9.17) is 21.3 Å². The van der Waals surface area contributed by atoms with Gasteiger partial charge in [-0.1, -0.05) is 37.6 Å². The number of nitrogens with zero attached hydrogens (tertiary/aromatic N) is 8. The van der Waals surface area contributed by atoms with Crippen molar-refractivity contribution < 1.29 is 23.9 Å². The van der Waals surface area contributed by atoms with Crippen molar-refractivity contribution in [2.75, 3.05) is 68.7 Å². The minimum atomic E-state index is -0.965. The number of hydrogen-bond donors (Lipinski definition) is 1. The Hall–Kier alpha value is -5.88. The molecule has 15 heteroatoms. The first-order valence-electron chi connectivity index (χ1n) is 22.0. The number of carbonyl (C=O) groups is 4. The van der Waals surface area contributed by atoms with Gasteiger partial charge in [-0.25, -0.2) is 9.97 Å². The zero-order valence-corrected chi connectivity index (χ0v) is 36.5. The number of piperidine rings is 2. The normalized spacial score (nSPS) is 21.5. The number of amides is 4. The lowest BCUT2D eigenvalue weighted by atomic mass is 9.78. The fourth-order valence-electron chi connectivity index (χ4n) is 9.86. The van der Waals surface area contributed by atoms with E-state index in [0.717, 1.165) is 104 Å². The van der Waals surface area contributed by atoms with Crippen molar-refractivity contribution in [2.24, 2.45) is 5.92 Å². The Kier molecular flexibility index (Phi) is 11.9. The summed E-state index contributed by atoms with van der Waals surface area (Å²) in [6.07, 6.45) is 5.49. The predicted molar refractivity (Wildman–Crippen MR) is 238 cm³/mol. The standard InChI is InChI=1S/C48H52ClN9O5/c1-48(2,34-23-32(27-50)24-35(49)25-34)33-3-6-39(7-4-33)63-30-36-11-15-51-47(52-36)57-18-14-38(29-57)55-16-12-31(13-17-55)28-54-19-21-56(22-20-54)37-5-8-40-41(26-37)46(62)58(45(40)61)42-9-10-43(59)53-44(42)60/h3-8,11,15,23-26,31,38,42H,9-10,12-14,16-22,28-30H2,1-2H3,(H,53,59,60). The number of nitrogens with one attached hydrogen (secondary N) is 1. The molecule has 4 fully saturated rings. The molecule has 1 N–H and O–H groups in total. The quantitative estimate of drug-likeness (QED) is 0.192. The number of piperazine rings is 1. The topological polar surface area (TPSA) is 155 Å². The summed E-state index contributed by atoms with van der Waals surface area (Å²) in [5, 5.41) is 12.2. The molecule has 5 aliphatic rings. The highest BCUT2D eigenvalue weighted by atomic mass is 35.5. The zero-order chi connectivity index (χ0) is 43.8. The van der Waals surface area contributed by atoms with Gasteiger partial charge in [-0.2, -0.15) is 5.26 Å². The molecule has 2 unspecified atom stereocenters. The van der Waals surface area contributed by atoms with E-state index in [-0.39, 0.29) is 24.2 Å². The van der Waals surface area contributed by atoms with Crippen molar-refractivity contribution in [1.82, 2.24) is 30.0 Å². The number of ether oxygens (including phenoxy) is 1. The maximum absolute atomic E-state index is 13.4. The summed E-state index contributed by atoms with van der Waals surface area (Å²) in [7, 11) is 0. The molecular formula is C48H52ClN9O5. The molecule has 0 aliphatic carbocycles. The fourth-order valence-corrected chi connectivity index (χ4v) is 10.1. The monoisotopic (exact) mass is 869 g/mol. The summed E-state index contributed by atoms with van der Waals surface area (Å²) in [5.74, 6) is 0.211. The number of rotatable bonds is 11. The van der Waals surface area contributed by atoms with Gasteiger partial charge in [0.15, 0.2) is 0 Å². The molecule has 6 heterocycles. The number of carbonyl (C=O) groups excluding carboxylic acids is 4. The van der Waals surface area contributed by atoms with E-state index in [9.17, 15) is 24.4 Å². The molecule has 4 saturated heterocycles. The fraction of sp³-hybridized carbons (Fsp3) is 0.438. The molecule has 4 amide bonds. The highest BCUT2D eigenvalue weighted by Gasteiger charge is 2.45. The van der Waals surface area contributed by atoms with E-state index in [1.807, 2.05) is 42.6 Å². The van der Waals surface area contributed by atoms with Crippen LogP contribution in [-0.2, 0) is 21.6 Å². The number of fused-ring (bicyclic) bond motifs is 1. The summed E-state index contributed by atoms with van der Waals surface area (Å²) in [4.78, 5) is 71.0. The third-order valence-corrected chi connectivity index (χ3v) is 13.9. The number of halogens is 1. The Morgan fingerprint density at radius 3 is 2.33 bits per heavy atom. The highest BCUT2D eigenvalue weighted by Crippen LogP contribution is 2.35. The van der Waals surface area contributed by atoms with E-state index in [2.05, 4.69) is 61.9 Å². The molecule has 14 nitrogen and oxygen atoms in total. The minimum Gasteiger partial charge on any atom is -0.487 e. The molecule has 0 spiro atoms. The van der Waals surface area contributed by atoms with Gasteiger partial charge in [0.05, 0.1) is 28.5 Å². The van der Waals surface area contributed by atoms with Gasteiger partial charge in [-0.15, -0.1) is 0 Å². The maximum Gasteiger partial charge on any atom is 0.262 e. The molecule has 63 heavy (non-hydrogen) atoms. The van der Waals surface area contributed by atoms with Crippen LogP contribution in [0.2, 0.25) is 5.02 Å². The second-order valence-electron chi connectivity index (χ2n) is 18.0. The molecule has 0 radical (unpaired) electrons. The van der Waals surface area contributed by atoms with Gasteiger partial charge in [0, 0.05) is 80.6 Å². The van der Waals surface area contributed by atoms with Gasteiger partial charge in [0.1, 0.15) is 18.4 Å². The largest absolute Gasteiger partial charge is 0.487 e. The van der Waals surface area contributed by atoms with Crippen molar-refractivity contribution in [3.8, 4) is 11.8 Å². The van der Waals surface area contributed by atoms with Crippen LogP contribution in [0.3, 0.4) is 0 Å². The van der Waals surface area contributed by atoms with Crippen LogP contribution < -0.4 is 19.9 Å². The number of nitriles is 1. The summed E-state index contributed by atoms with van der Waals surface area (Å²) >= 11 is 6.31. The minimum absolute atomic E-state index is 0.0983. The van der Waals surface area contributed by atoms with Crippen molar-refractivity contribution in [3.63, 3.8) is 0 Å². The lowest BCUT2D eigenvalue weighted by Crippen LogP contribution is -2.54. The molecule has 9 rings (SSSR count). The maximum atomic E-state index is 13.4. The number of likely N-dealkylation sites (tertiary alicyclic amines) is 1. The molecule has 2 atom stereocenters. The highest BCUT2D eigenvalue weighted by molar-refractivity contribution is 6.30. The summed E-state index contributed by atoms with van der Waals surface area (Å²) in [6, 6.07) is 22.5. The molecule has 3 aromatic carbocycles. The molecule has 0 bridgehead atoms. The van der Waals surface area contributed by atoms with Crippen molar-refractivity contribution in [2.45, 2.75) is 70.1 Å². The second-order valence-corrected chi connectivity index (χ2v) is 18.4. The van der Waals surface area contributed by atoms with Gasteiger partial charge in [-0.3, -0.25) is 39.2 Å². The summed E-state index contributed by atoms with van der Waals surface area (Å²) in [5.41, 5.74) is 4.62. The first kappa shape index (κ1) is 42.4. The Morgan fingerprint density at radius 2 is 1.59 bits per heavy atom. The van der Waals surface area contributed by atoms with Crippen LogP contribution in [0, 0.1) is 17.2 Å². The molecule has 326 valence electrons. The lowest BCUT2D eigenvalue weighted by Gasteiger charge is -2.40. The first-order valence-corrected chi connectivity index (χ1v) is 22.4. The van der Waals surface area contributed by atoms with Gasteiger partial charge >= 0.3 is 0 Å². The Morgan fingerprint density at radius 1 is 0.825 bits per heavy atom. The van der Waals surface area contributed by atoms with Crippen molar-refractivity contribution >= 4 is 46.9 Å². The number of hydrogen-bond acceptors (Lipinski definition) is 12. The lowest BCUT2D eigenvalue weighted by molar-refractivity contribution is -0.136. The molecule has 4 aromatic rings. The van der Waals surface area contributed by atoms with Crippen LogP contribution in [0.1, 0.15) is 89.1 Å². The van der Waals surface area contributed by atoms with Gasteiger partial charge < -0.3 is 14.5 Å². The third-order valence-electron chi connectivity index (χ3n) is 13.7. The Balaban J connectivity index is 0.712. The van der Waals surface area contributed by atoms with Crippen molar-refractivity contribution in [3.05, 3.63) is 111 Å². The van der Waals surface area contributed by atoms with Gasteiger partial charge in [0.25, 0.3) is 11.8 Å². The van der Waals surface area contributed by atoms with E-state index in [1.54, 1.807) is 18.2 Å². The Bertz CT molecular complexity index is 2460. The van der Waals surface area contributed by atoms with Crippen LogP contribution in [0.25, 0.3) is 0 Å². The van der Waals surface area contributed by atoms with Gasteiger partial charge in [0.2, 0.25) is 17.8 Å². The second kappa shape index (κ2) is 17.7. The predicted octanol–water partition coefficient (Wildman–Crippen LogP) is 5.42. The van der Waals surface area contributed by atoms with Gasteiger partial charge in [-0.05, 0) is 110 Å². The number of aromatic nitrogens is 2. The SMILES string of the molecule is CC(C)(c1ccc(OCc2ccnc(N3CCC(N4CCC(CN5CCN(c6ccc7c(c6)C(=O)N(C6CCC(=O)NC6=O)C7=O)CC5)CC4)C3)n2)cc1)c1cc(Cl)cc(C#N)c1. The summed E-state index contributed by atoms with van der Waals surface area (Å²) < 4.78 is 6.16. The van der Waals surface area contributed by atoms with E-state index >= 15 is 0 Å². The van der Waals surface area contributed by atoms with Crippen molar-refractivity contribution in [1.29, 1.82) is 5.26 Å². The Labute approximate surface area is 372 Å². The van der Waals surface area contributed by atoms with Crippen LogP contribution in [0.5, 0.6) is 5.75 Å². The van der Waals surface area contributed by atoms with Crippen LogP contribution in [-0.4, -0.2) is 119 Å². The molecular weight excluding hydrogens is 818 g/mol. The molecule has 1 aromatic heterocycles. The van der Waals surface area contributed by atoms with E-state index in [1.165, 1.54) is 12.8 Å². The molecule has 0 saturated carbocycles. The van der Waals surface area contributed by atoms with E-state index < -0.39 is 23.8 Å². The number of anilines is 2. The van der Waals surface area contributed by atoms with Crippen LogP contribution >= 0.6 is 11.6 Å². The first-order chi connectivity index (χ1) is 30.4. The van der Waals surface area contributed by atoms with Crippen LogP contribution in [0.15, 0.2) is 72.9 Å². The number of imide groups is 2. The average molecular weight is 870 g/mol.